The topological polar surface area (TPSA) is 45.8 Å². The van der Waals surface area contributed by atoms with Crippen LogP contribution in [0.5, 0.6) is 0 Å². The average Bonchev–Trinajstić information content (AvgIpc) is 3.32. The third-order valence-electron chi connectivity index (χ3n) is 4.27. The maximum atomic E-state index is 14.1. The van der Waals surface area contributed by atoms with E-state index < -0.39 is 17.8 Å². The summed E-state index contributed by atoms with van der Waals surface area (Å²) in [5.74, 6) is -0.485. The zero-order chi connectivity index (χ0) is 18.1. The van der Waals surface area contributed by atoms with Gasteiger partial charge in [0.25, 0.3) is 5.91 Å². The molecule has 1 aliphatic heterocycles. The summed E-state index contributed by atoms with van der Waals surface area (Å²) in [6, 6.07) is 16.2. The van der Waals surface area contributed by atoms with E-state index in [4.69, 9.17) is 16.0 Å². The summed E-state index contributed by atoms with van der Waals surface area (Å²) < 4.78 is 19.6. The van der Waals surface area contributed by atoms with Gasteiger partial charge in [0.2, 0.25) is 0 Å². The second-order valence-corrected chi connectivity index (χ2v) is 6.35. The molecule has 3 aromatic rings. The molecule has 6 heteroatoms. The van der Waals surface area contributed by atoms with Crippen LogP contribution in [0.25, 0.3) is 0 Å². The molecule has 4 rings (SSSR count). The number of carbonyl (C=O) groups excluding carboxylic acids is 1. The van der Waals surface area contributed by atoms with Gasteiger partial charge in [-0.25, -0.2) is 9.40 Å². The van der Waals surface area contributed by atoms with E-state index in [1.54, 1.807) is 42.7 Å². The maximum Gasteiger partial charge on any atom is 0.277 e. The Morgan fingerprint density at radius 2 is 1.88 bits per heavy atom. The van der Waals surface area contributed by atoms with Gasteiger partial charge in [-0.05, 0) is 42.0 Å². The molecule has 0 saturated carbocycles. The number of carbonyl (C=O) groups is 1. The normalized spacial score (nSPS) is 16.6. The summed E-state index contributed by atoms with van der Waals surface area (Å²) in [5.41, 5.74) is 1.55. The third-order valence-corrected chi connectivity index (χ3v) is 4.52. The predicted molar refractivity (Wildman–Crippen MR) is 96.6 cm³/mol. The lowest BCUT2D eigenvalue weighted by Crippen LogP contribution is -2.27. The van der Waals surface area contributed by atoms with Crippen molar-refractivity contribution in [2.75, 3.05) is 0 Å². The first-order valence-electron chi connectivity index (χ1n) is 8.08. The minimum absolute atomic E-state index is 0.0230. The highest BCUT2D eigenvalue weighted by molar-refractivity contribution is 6.30. The van der Waals surface area contributed by atoms with Crippen molar-refractivity contribution in [3.63, 3.8) is 0 Å². The summed E-state index contributed by atoms with van der Waals surface area (Å²) in [7, 11) is 0. The zero-order valence-electron chi connectivity index (χ0n) is 13.6. The predicted octanol–water partition coefficient (Wildman–Crippen LogP) is 5.06. The largest absolute Gasteiger partial charge is 0.467 e. The van der Waals surface area contributed by atoms with E-state index >= 15 is 0 Å². The zero-order valence-corrected chi connectivity index (χ0v) is 14.4. The molecule has 0 saturated heterocycles. The SMILES string of the molecule is O=C(c1ccccc1F)N1N=C(c2ccc(Cl)cc2)C[C@H]1c1ccco1. The van der Waals surface area contributed by atoms with E-state index in [0.717, 1.165) is 5.56 Å². The maximum absolute atomic E-state index is 14.1. The van der Waals surface area contributed by atoms with Crippen LogP contribution in [0.3, 0.4) is 0 Å². The van der Waals surface area contributed by atoms with Gasteiger partial charge in [0.1, 0.15) is 17.6 Å². The lowest BCUT2D eigenvalue weighted by molar-refractivity contribution is 0.0688. The van der Waals surface area contributed by atoms with Crippen LogP contribution in [0.4, 0.5) is 4.39 Å². The van der Waals surface area contributed by atoms with Crippen molar-refractivity contribution >= 4 is 23.2 Å². The third kappa shape index (κ3) is 3.02. The highest BCUT2D eigenvalue weighted by Gasteiger charge is 2.36. The van der Waals surface area contributed by atoms with Gasteiger partial charge in [-0.2, -0.15) is 5.10 Å². The Hall–Kier alpha value is -2.92. The van der Waals surface area contributed by atoms with Crippen LogP contribution in [-0.4, -0.2) is 16.6 Å². The van der Waals surface area contributed by atoms with Crippen LogP contribution >= 0.6 is 11.6 Å². The number of amides is 1. The number of nitrogens with zero attached hydrogens (tertiary/aromatic N) is 2. The smallest absolute Gasteiger partial charge is 0.277 e. The van der Waals surface area contributed by atoms with Crippen molar-refractivity contribution in [1.29, 1.82) is 0 Å². The van der Waals surface area contributed by atoms with E-state index in [9.17, 15) is 9.18 Å². The molecule has 2 aromatic carbocycles. The van der Waals surface area contributed by atoms with Gasteiger partial charge < -0.3 is 4.42 Å². The standard InChI is InChI=1S/C20H14ClFN2O2/c21-14-9-7-13(8-10-14)17-12-18(19-6-3-11-26-19)24(23-17)20(25)15-4-1-2-5-16(15)22/h1-11,18H,12H2/t18-/m0/s1. The lowest BCUT2D eigenvalue weighted by atomic mass is 10.0. The molecule has 0 fully saturated rings. The van der Waals surface area contributed by atoms with Gasteiger partial charge in [0.15, 0.2) is 0 Å². The van der Waals surface area contributed by atoms with E-state index in [1.807, 2.05) is 12.1 Å². The van der Waals surface area contributed by atoms with E-state index in [1.165, 1.54) is 17.1 Å². The molecular weight excluding hydrogens is 355 g/mol. The minimum Gasteiger partial charge on any atom is -0.467 e. The number of benzene rings is 2. The molecule has 0 bridgehead atoms. The number of furan rings is 1. The molecule has 0 radical (unpaired) electrons. The summed E-state index contributed by atoms with van der Waals surface area (Å²) in [4.78, 5) is 12.9. The van der Waals surface area contributed by atoms with E-state index in [0.29, 0.717) is 22.9 Å². The van der Waals surface area contributed by atoms with Crippen molar-refractivity contribution in [2.45, 2.75) is 12.5 Å². The lowest BCUT2D eigenvalue weighted by Gasteiger charge is -2.20. The molecule has 0 N–H and O–H groups in total. The van der Waals surface area contributed by atoms with Crippen LogP contribution in [0.1, 0.15) is 34.1 Å². The fraction of sp³-hybridized carbons (Fsp3) is 0.100. The van der Waals surface area contributed by atoms with Crippen molar-refractivity contribution in [1.82, 2.24) is 5.01 Å². The molecule has 0 aliphatic carbocycles. The molecule has 26 heavy (non-hydrogen) atoms. The number of rotatable bonds is 3. The summed E-state index contributed by atoms with van der Waals surface area (Å²) >= 11 is 5.94. The minimum atomic E-state index is -0.578. The van der Waals surface area contributed by atoms with E-state index in [2.05, 4.69) is 5.10 Å². The summed E-state index contributed by atoms with van der Waals surface area (Å²) in [6.45, 7) is 0. The average molecular weight is 369 g/mol. The number of hydrazone groups is 1. The number of hydrogen-bond donors (Lipinski definition) is 0. The van der Waals surface area contributed by atoms with E-state index in [-0.39, 0.29) is 5.56 Å². The second-order valence-electron chi connectivity index (χ2n) is 5.92. The van der Waals surface area contributed by atoms with Crippen LogP contribution in [-0.2, 0) is 0 Å². The molecule has 1 amide bonds. The monoisotopic (exact) mass is 368 g/mol. The Balaban J connectivity index is 1.73. The Morgan fingerprint density at radius 3 is 2.58 bits per heavy atom. The molecule has 4 nitrogen and oxygen atoms in total. The van der Waals surface area contributed by atoms with Crippen LogP contribution in [0.2, 0.25) is 5.02 Å². The fourth-order valence-electron chi connectivity index (χ4n) is 2.98. The summed E-state index contributed by atoms with van der Waals surface area (Å²) in [6.07, 6.45) is 2.01. The van der Waals surface area contributed by atoms with Gasteiger partial charge in [-0.3, -0.25) is 4.79 Å². The first-order valence-corrected chi connectivity index (χ1v) is 8.46. The Bertz CT molecular complexity index is 968. The molecule has 130 valence electrons. The van der Waals surface area contributed by atoms with Gasteiger partial charge in [0, 0.05) is 11.4 Å². The van der Waals surface area contributed by atoms with Crippen molar-refractivity contribution in [3.05, 3.63) is 94.7 Å². The fourth-order valence-corrected chi connectivity index (χ4v) is 3.10. The molecule has 0 unspecified atom stereocenters. The van der Waals surface area contributed by atoms with Gasteiger partial charge in [-0.1, -0.05) is 35.9 Å². The van der Waals surface area contributed by atoms with Crippen LogP contribution < -0.4 is 0 Å². The molecule has 0 spiro atoms. The van der Waals surface area contributed by atoms with Gasteiger partial charge >= 0.3 is 0 Å². The van der Waals surface area contributed by atoms with Crippen molar-refractivity contribution < 1.29 is 13.6 Å². The quantitative estimate of drug-likeness (QED) is 0.648. The highest BCUT2D eigenvalue weighted by atomic mass is 35.5. The first kappa shape index (κ1) is 16.5. The molecule has 1 aromatic heterocycles. The molecular formula is C20H14ClFN2O2. The first-order chi connectivity index (χ1) is 12.6. The Morgan fingerprint density at radius 1 is 1.12 bits per heavy atom. The Kier molecular flexibility index (Phi) is 4.31. The molecule has 2 heterocycles. The van der Waals surface area contributed by atoms with Crippen molar-refractivity contribution in [3.8, 4) is 0 Å². The molecule has 1 aliphatic rings. The van der Waals surface area contributed by atoms with Crippen LogP contribution in [0.15, 0.2) is 76.4 Å². The number of halogens is 2. The number of hydrogen-bond acceptors (Lipinski definition) is 3. The highest BCUT2D eigenvalue weighted by Crippen LogP contribution is 2.34. The van der Waals surface area contributed by atoms with Crippen LogP contribution in [0, 0.1) is 5.82 Å². The second kappa shape index (κ2) is 6.77. The van der Waals surface area contributed by atoms with Gasteiger partial charge in [-0.15, -0.1) is 0 Å². The van der Waals surface area contributed by atoms with Crippen molar-refractivity contribution in [2.24, 2.45) is 5.10 Å². The van der Waals surface area contributed by atoms with Gasteiger partial charge in [0.05, 0.1) is 17.5 Å². The summed E-state index contributed by atoms with van der Waals surface area (Å²) in [5, 5.41) is 6.39. The Labute approximate surface area is 154 Å². The molecule has 1 atom stereocenters.